The van der Waals surface area contributed by atoms with E-state index < -0.39 is 21.2 Å². The summed E-state index contributed by atoms with van der Waals surface area (Å²) in [4.78, 5) is 0. The fourth-order valence-electron chi connectivity index (χ4n) is 3.19. The van der Waals surface area contributed by atoms with Gasteiger partial charge in [0, 0.05) is 0 Å². The summed E-state index contributed by atoms with van der Waals surface area (Å²) in [5.74, 6) is 0. The molecule has 0 spiro atoms. The first-order valence-corrected chi connectivity index (χ1v) is 13.2. The SMILES string of the molecule is Cc1[c-]cc(C=Cc2ccc(-c3ccc(C=Cc4c[c-]c(C)cc4)cc3)cc2)cc1.O=S(=O)=O.O=S(=O)=O.[Na+].[Na+]. The molecule has 0 fully saturated rings. The van der Waals surface area contributed by atoms with Crippen molar-refractivity contribution in [1.82, 2.24) is 0 Å². The molecule has 4 aromatic rings. The minimum atomic E-state index is -3.11. The standard InChI is InChI=1S/C30H24.2Na.2O3S/c1-23-3-7-25(8-4-23)11-13-27-15-19-29(20-16-27)30-21-17-28(18-22-30)14-12-26-9-5-24(2)6-10-26;;;2*1-4(2)3/h3,5,7-22H,1-2H3;;;;/q-2;2*+1;;. The number of aryl methyl sites for hydroxylation is 2. The molecule has 6 nitrogen and oxygen atoms in total. The first-order chi connectivity index (χ1) is 18.1. The summed E-state index contributed by atoms with van der Waals surface area (Å²) in [6, 6.07) is 36.2. The Hall–Kier alpha value is -2.40. The quantitative estimate of drug-likeness (QED) is 0.183. The monoisotopic (exact) mass is 590 g/mol. The van der Waals surface area contributed by atoms with Crippen LogP contribution in [0.15, 0.2) is 84.9 Å². The minimum Gasteiger partial charge on any atom is -0.180 e. The largest absolute Gasteiger partial charge is 1.00 e. The number of benzene rings is 4. The maximum atomic E-state index is 8.44. The van der Waals surface area contributed by atoms with E-state index in [-0.39, 0.29) is 59.1 Å². The van der Waals surface area contributed by atoms with Gasteiger partial charge in [0.25, 0.3) is 0 Å². The van der Waals surface area contributed by atoms with Gasteiger partial charge in [-0.15, -0.1) is 48.5 Å². The smallest absolute Gasteiger partial charge is 0.180 e. The molecule has 194 valence electrons. The summed E-state index contributed by atoms with van der Waals surface area (Å²) < 4.78 is 50.7. The van der Waals surface area contributed by atoms with Crippen molar-refractivity contribution in [2.45, 2.75) is 13.8 Å². The molecule has 0 aromatic heterocycles. The number of hydrogen-bond donors (Lipinski definition) is 0. The molecule has 0 heterocycles. The van der Waals surface area contributed by atoms with Crippen molar-refractivity contribution in [1.29, 1.82) is 0 Å². The number of rotatable bonds is 5. The van der Waals surface area contributed by atoms with Crippen LogP contribution in [0.2, 0.25) is 0 Å². The van der Waals surface area contributed by atoms with Gasteiger partial charge in [-0.2, -0.15) is 59.7 Å². The van der Waals surface area contributed by atoms with Gasteiger partial charge in [0.15, 0.2) is 0 Å². The van der Waals surface area contributed by atoms with Crippen LogP contribution in [0.3, 0.4) is 0 Å². The van der Waals surface area contributed by atoms with E-state index in [1.165, 1.54) is 22.3 Å². The molecule has 0 N–H and O–H groups in total. The zero-order valence-corrected chi connectivity index (χ0v) is 28.3. The normalized spacial score (nSPS) is 9.75. The van der Waals surface area contributed by atoms with E-state index in [9.17, 15) is 0 Å². The van der Waals surface area contributed by atoms with E-state index in [2.05, 4.69) is 123 Å². The van der Waals surface area contributed by atoms with Gasteiger partial charge in [0.1, 0.15) is 0 Å². The second-order valence-corrected chi connectivity index (χ2v) is 8.75. The summed E-state index contributed by atoms with van der Waals surface area (Å²) in [6.07, 6.45) is 8.52. The molecule has 0 aliphatic heterocycles. The van der Waals surface area contributed by atoms with Crippen molar-refractivity contribution in [3.8, 4) is 11.1 Å². The molecule has 0 aliphatic rings. The van der Waals surface area contributed by atoms with Crippen molar-refractivity contribution < 1.29 is 84.4 Å². The fraction of sp³-hybridized carbons (Fsp3) is 0.0667. The van der Waals surface area contributed by atoms with Crippen LogP contribution in [0.5, 0.6) is 0 Å². The molecular formula is C30H24Na2O6S2. The molecule has 4 aromatic carbocycles. The Morgan fingerprint density at radius 2 is 0.700 bits per heavy atom. The van der Waals surface area contributed by atoms with Crippen molar-refractivity contribution in [2.75, 3.05) is 0 Å². The Labute approximate surface area is 282 Å². The zero-order valence-electron chi connectivity index (χ0n) is 22.7. The van der Waals surface area contributed by atoms with Gasteiger partial charge < -0.3 is 0 Å². The average molecular weight is 591 g/mol. The maximum Gasteiger partial charge on any atom is 1.00 e. The molecule has 0 amide bonds. The van der Waals surface area contributed by atoms with Crippen molar-refractivity contribution in [3.05, 3.63) is 130 Å². The van der Waals surface area contributed by atoms with E-state index in [4.69, 9.17) is 25.3 Å². The Balaban J connectivity index is 0.00000135. The van der Waals surface area contributed by atoms with Crippen LogP contribution in [-0.4, -0.2) is 25.3 Å². The minimum absolute atomic E-state index is 0. The summed E-state index contributed by atoms with van der Waals surface area (Å²) in [6.45, 7) is 4.11. The zero-order chi connectivity index (χ0) is 27.9. The molecular weight excluding hydrogens is 566 g/mol. The van der Waals surface area contributed by atoms with Crippen molar-refractivity contribution in [2.24, 2.45) is 0 Å². The molecule has 0 aliphatic carbocycles. The molecule has 0 bridgehead atoms. The van der Waals surface area contributed by atoms with Gasteiger partial charge in [-0.1, -0.05) is 74.5 Å². The van der Waals surface area contributed by atoms with E-state index in [1.807, 2.05) is 12.1 Å². The van der Waals surface area contributed by atoms with Crippen LogP contribution < -0.4 is 59.1 Å². The third-order valence-electron chi connectivity index (χ3n) is 5.08. The third kappa shape index (κ3) is 16.0. The molecule has 0 radical (unpaired) electrons. The van der Waals surface area contributed by atoms with Crippen LogP contribution in [0.4, 0.5) is 0 Å². The number of hydrogen-bond acceptors (Lipinski definition) is 6. The Bertz CT molecular complexity index is 1460. The summed E-state index contributed by atoms with van der Waals surface area (Å²) >= 11 is 0. The molecule has 40 heavy (non-hydrogen) atoms. The molecule has 0 unspecified atom stereocenters. The molecule has 0 saturated heterocycles. The van der Waals surface area contributed by atoms with Gasteiger partial charge in [0.2, 0.25) is 0 Å². The van der Waals surface area contributed by atoms with Crippen LogP contribution in [0, 0.1) is 26.0 Å². The van der Waals surface area contributed by atoms with Crippen molar-refractivity contribution in [3.63, 3.8) is 0 Å². The summed E-state index contributed by atoms with van der Waals surface area (Å²) in [7, 11) is -6.22. The van der Waals surface area contributed by atoms with E-state index in [0.29, 0.717) is 0 Å². The van der Waals surface area contributed by atoms with Gasteiger partial charge in [0.05, 0.1) is 0 Å². The van der Waals surface area contributed by atoms with Crippen LogP contribution in [0.25, 0.3) is 35.4 Å². The predicted molar refractivity (Wildman–Crippen MR) is 149 cm³/mol. The topological polar surface area (TPSA) is 102 Å². The summed E-state index contributed by atoms with van der Waals surface area (Å²) in [5, 5.41) is 0. The second-order valence-electron chi connectivity index (χ2n) is 7.93. The Morgan fingerprint density at radius 1 is 0.450 bits per heavy atom. The van der Waals surface area contributed by atoms with Gasteiger partial charge in [-0.05, 0) is 22.3 Å². The first kappa shape index (κ1) is 37.6. The van der Waals surface area contributed by atoms with E-state index in [0.717, 1.165) is 22.3 Å². The molecule has 4 rings (SSSR count). The molecule has 10 heteroatoms. The Kier molecular flexibility index (Phi) is 19.2. The van der Waals surface area contributed by atoms with Gasteiger partial charge in [-0.3, -0.25) is 0 Å². The van der Waals surface area contributed by atoms with Crippen LogP contribution in [0.1, 0.15) is 33.4 Å². The molecule has 0 saturated carbocycles. The maximum absolute atomic E-state index is 8.44. The van der Waals surface area contributed by atoms with Gasteiger partial charge in [-0.25, -0.2) is 0 Å². The first-order valence-electron chi connectivity index (χ1n) is 11.2. The predicted octanol–water partition coefficient (Wildman–Crippen LogP) is -0.0886. The molecule has 0 atom stereocenters. The second kappa shape index (κ2) is 20.5. The Morgan fingerprint density at radius 3 is 0.950 bits per heavy atom. The van der Waals surface area contributed by atoms with E-state index >= 15 is 0 Å². The van der Waals surface area contributed by atoms with Crippen molar-refractivity contribution >= 4 is 45.5 Å². The summed E-state index contributed by atoms with van der Waals surface area (Å²) in [5.41, 5.74) is 9.47. The fourth-order valence-corrected chi connectivity index (χ4v) is 3.19. The van der Waals surface area contributed by atoms with E-state index in [1.54, 1.807) is 0 Å². The average Bonchev–Trinajstić information content (AvgIpc) is 2.88. The third-order valence-corrected chi connectivity index (χ3v) is 5.08. The van der Waals surface area contributed by atoms with Crippen LogP contribution >= 0.6 is 0 Å². The van der Waals surface area contributed by atoms with Crippen LogP contribution in [-0.2, 0) is 21.2 Å². The van der Waals surface area contributed by atoms with Gasteiger partial charge >= 0.3 is 80.3 Å².